The van der Waals surface area contributed by atoms with Gasteiger partial charge in [0.15, 0.2) is 0 Å². The fourth-order valence-electron chi connectivity index (χ4n) is 2.67. The van der Waals surface area contributed by atoms with Crippen LogP contribution in [0.1, 0.15) is 33.6 Å². The van der Waals surface area contributed by atoms with Crippen molar-refractivity contribution >= 4 is 10.0 Å². The highest BCUT2D eigenvalue weighted by Gasteiger charge is 2.22. The van der Waals surface area contributed by atoms with Gasteiger partial charge >= 0.3 is 0 Å². The topological polar surface area (TPSA) is 51.1 Å². The summed E-state index contributed by atoms with van der Waals surface area (Å²) in [6.07, 6.45) is 0. The number of aromatic nitrogens is 1. The summed E-state index contributed by atoms with van der Waals surface area (Å²) < 4.78 is 30.2. The number of aryl methyl sites for hydroxylation is 3. The molecule has 4 nitrogen and oxygen atoms in total. The minimum atomic E-state index is -3.54. The lowest BCUT2D eigenvalue weighted by molar-refractivity contribution is 0.577. The Morgan fingerprint density at radius 2 is 1.55 bits per heavy atom. The van der Waals surface area contributed by atoms with Gasteiger partial charge in [-0.3, -0.25) is 0 Å². The Labute approximate surface area is 133 Å². The molecule has 0 spiro atoms. The Bertz CT molecular complexity index is 791. The van der Waals surface area contributed by atoms with Crippen LogP contribution in [0, 0.1) is 34.6 Å². The minimum absolute atomic E-state index is 0.290. The Morgan fingerprint density at radius 3 is 2.00 bits per heavy atom. The van der Waals surface area contributed by atoms with E-state index < -0.39 is 10.0 Å². The molecule has 0 fully saturated rings. The van der Waals surface area contributed by atoms with Crippen LogP contribution in [0.4, 0.5) is 0 Å². The number of rotatable bonds is 4. The molecule has 1 aromatic heterocycles. The molecule has 0 saturated heterocycles. The molecule has 0 saturated carbocycles. The van der Waals surface area contributed by atoms with E-state index in [1.807, 2.05) is 64.4 Å². The van der Waals surface area contributed by atoms with Crippen LogP contribution >= 0.6 is 0 Å². The van der Waals surface area contributed by atoms with E-state index in [1.165, 1.54) is 0 Å². The number of benzene rings is 1. The predicted molar refractivity (Wildman–Crippen MR) is 89.6 cm³/mol. The average Bonchev–Trinajstić information content (AvgIpc) is 2.74. The van der Waals surface area contributed by atoms with Gasteiger partial charge < -0.3 is 4.57 Å². The number of sulfonamides is 1. The molecule has 1 heterocycles. The zero-order chi connectivity index (χ0) is 16.7. The zero-order valence-electron chi connectivity index (χ0n) is 14.1. The van der Waals surface area contributed by atoms with Crippen molar-refractivity contribution < 1.29 is 8.42 Å². The fourth-order valence-corrected chi connectivity index (χ4v) is 4.28. The molecule has 0 aliphatic carbocycles. The quantitative estimate of drug-likeness (QED) is 0.941. The summed E-state index contributed by atoms with van der Waals surface area (Å²) in [5, 5.41) is 0. The molecule has 0 amide bonds. The molecule has 0 aliphatic heterocycles. The van der Waals surface area contributed by atoms with Crippen LogP contribution in [0.3, 0.4) is 0 Å². The third-order valence-corrected chi connectivity index (χ3v) is 6.16. The number of hydrogen-bond donors (Lipinski definition) is 1. The Balaban J connectivity index is 2.38. The molecule has 1 N–H and O–H groups in total. The van der Waals surface area contributed by atoms with E-state index in [0.29, 0.717) is 11.4 Å². The molecular formula is C17H24N2O2S. The average molecular weight is 320 g/mol. The van der Waals surface area contributed by atoms with E-state index in [9.17, 15) is 8.42 Å². The lowest BCUT2D eigenvalue weighted by Gasteiger charge is -2.16. The summed E-state index contributed by atoms with van der Waals surface area (Å²) in [4.78, 5) is 0.413. The second-order valence-electron chi connectivity index (χ2n) is 5.94. The lowest BCUT2D eigenvalue weighted by Crippen LogP contribution is -2.26. The Morgan fingerprint density at radius 1 is 1.00 bits per heavy atom. The van der Waals surface area contributed by atoms with E-state index in [-0.39, 0.29) is 0 Å². The third-order valence-electron chi connectivity index (χ3n) is 4.49. The first-order valence-corrected chi connectivity index (χ1v) is 8.81. The summed E-state index contributed by atoms with van der Waals surface area (Å²) in [5.74, 6) is 0. The number of nitrogens with zero attached hydrogens (tertiary/aromatic N) is 1. The lowest BCUT2D eigenvalue weighted by atomic mass is 10.0. The second kappa shape index (κ2) is 5.89. The first kappa shape index (κ1) is 16.8. The van der Waals surface area contributed by atoms with Crippen LogP contribution in [0.15, 0.2) is 23.1 Å². The second-order valence-corrected chi connectivity index (χ2v) is 7.64. The van der Waals surface area contributed by atoms with Gasteiger partial charge in [-0.2, -0.15) is 0 Å². The molecule has 5 heteroatoms. The van der Waals surface area contributed by atoms with Crippen LogP contribution in [0.2, 0.25) is 0 Å². The molecule has 0 aliphatic rings. The molecule has 0 unspecified atom stereocenters. The maximum Gasteiger partial charge on any atom is 0.241 e. The van der Waals surface area contributed by atoms with E-state index in [2.05, 4.69) is 4.72 Å². The first-order chi connectivity index (χ1) is 10.1. The van der Waals surface area contributed by atoms with Crippen molar-refractivity contribution in [1.29, 1.82) is 0 Å². The van der Waals surface area contributed by atoms with Gasteiger partial charge in [0.05, 0.1) is 11.4 Å². The molecule has 0 radical (unpaired) electrons. The fraction of sp³-hybridized carbons (Fsp3) is 0.412. The van der Waals surface area contributed by atoms with Crippen LogP contribution in [-0.4, -0.2) is 13.0 Å². The SMILES string of the molecule is Cc1cc(C)c(C)c(S(=O)(=O)NCc2ccc(C)n2C)c1C. The molecule has 1 aromatic carbocycles. The van der Waals surface area contributed by atoms with E-state index in [1.54, 1.807) is 0 Å². The van der Waals surface area contributed by atoms with Crippen molar-refractivity contribution in [3.63, 3.8) is 0 Å². The summed E-state index contributed by atoms with van der Waals surface area (Å²) in [7, 11) is -1.60. The Hall–Kier alpha value is -1.59. The summed E-state index contributed by atoms with van der Waals surface area (Å²) in [5.41, 5.74) is 5.68. The summed E-state index contributed by atoms with van der Waals surface area (Å²) in [6, 6.07) is 5.96. The van der Waals surface area contributed by atoms with Gasteiger partial charge in [0, 0.05) is 18.4 Å². The molecule has 120 valence electrons. The zero-order valence-corrected chi connectivity index (χ0v) is 14.9. The normalized spacial score (nSPS) is 11.9. The van der Waals surface area contributed by atoms with Gasteiger partial charge in [0.1, 0.15) is 0 Å². The highest BCUT2D eigenvalue weighted by Crippen LogP contribution is 2.26. The van der Waals surface area contributed by atoms with E-state index >= 15 is 0 Å². The maximum absolute atomic E-state index is 12.7. The first-order valence-electron chi connectivity index (χ1n) is 7.33. The molecular weight excluding hydrogens is 296 g/mol. The van der Waals surface area contributed by atoms with Gasteiger partial charge in [-0.15, -0.1) is 0 Å². The van der Waals surface area contributed by atoms with E-state index in [0.717, 1.165) is 33.6 Å². The van der Waals surface area contributed by atoms with E-state index in [4.69, 9.17) is 0 Å². The number of nitrogens with one attached hydrogen (secondary N) is 1. The van der Waals surface area contributed by atoms with Crippen molar-refractivity contribution in [2.24, 2.45) is 7.05 Å². The van der Waals surface area contributed by atoms with Gasteiger partial charge in [-0.25, -0.2) is 13.1 Å². The monoisotopic (exact) mass is 320 g/mol. The van der Waals surface area contributed by atoms with Crippen molar-refractivity contribution in [1.82, 2.24) is 9.29 Å². The van der Waals surface area contributed by atoms with Gasteiger partial charge in [-0.05, 0) is 69.0 Å². The summed E-state index contributed by atoms with van der Waals surface area (Å²) >= 11 is 0. The Kier molecular flexibility index (Phi) is 4.49. The highest BCUT2D eigenvalue weighted by atomic mass is 32.2. The van der Waals surface area contributed by atoms with Crippen LogP contribution in [0.5, 0.6) is 0 Å². The van der Waals surface area contributed by atoms with Gasteiger partial charge in [-0.1, -0.05) is 6.07 Å². The molecule has 2 rings (SSSR count). The largest absolute Gasteiger partial charge is 0.351 e. The third kappa shape index (κ3) is 2.96. The molecule has 0 bridgehead atoms. The number of hydrogen-bond acceptors (Lipinski definition) is 2. The smallest absolute Gasteiger partial charge is 0.241 e. The molecule has 22 heavy (non-hydrogen) atoms. The van der Waals surface area contributed by atoms with Crippen molar-refractivity contribution in [3.05, 3.63) is 51.8 Å². The van der Waals surface area contributed by atoms with Crippen molar-refractivity contribution in [3.8, 4) is 0 Å². The summed E-state index contributed by atoms with van der Waals surface area (Å²) in [6.45, 7) is 9.91. The molecule has 2 aromatic rings. The van der Waals surface area contributed by atoms with Crippen LogP contribution < -0.4 is 4.72 Å². The van der Waals surface area contributed by atoms with Gasteiger partial charge in [0.2, 0.25) is 10.0 Å². The van der Waals surface area contributed by atoms with Crippen LogP contribution in [0.25, 0.3) is 0 Å². The van der Waals surface area contributed by atoms with Crippen molar-refractivity contribution in [2.45, 2.75) is 46.1 Å². The van der Waals surface area contributed by atoms with Crippen molar-refractivity contribution in [2.75, 3.05) is 0 Å². The maximum atomic E-state index is 12.7. The highest BCUT2D eigenvalue weighted by molar-refractivity contribution is 7.89. The minimum Gasteiger partial charge on any atom is -0.351 e. The van der Waals surface area contributed by atoms with Crippen LogP contribution in [-0.2, 0) is 23.6 Å². The predicted octanol–water partition coefficient (Wildman–Crippen LogP) is 3.05. The molecule has 0 atom stereocenters. The van der Waals surface area contributed by atoms with Gasteiger partial charge in [0.25, 0.3) is 0 Å². The standard InChI is InChI=1S/C17H24N2O2S/c1-11-9-12(2)15(5)17(14(11)4)22(20,21)18-10-16-8-7-13(3)19(16)6/h7-9,18H,10H2,1-6H3.